The quantitative estimate of drug-likeness (QED) is 0.883. The minimum absolute atomic E-state index is 0.391. The Morgan fingerprint density at radius 1 is 1.29 bits per heavy atom. The molecule has 0 spiro atoms. The smallest absolute Gasteiger partial charge is 0.244 e. The second-order valence-corrected chi connectivity index (χ2v) is 8.83. The van der Waals surface area contributed by atoms with Crippen molar-refractivity contribution in [3.8, 4) is 0 Å². The fraction of sp³-hybridized carbons (Fsp3) is 0.600. The van der Waals surface area contributed by atoms with Gasteiger partial charge in [0, 0.05) is 24.1 Å². The molecule has 2 aliphatic rings. The van der Waals surface area contributed by atoms with Crippen LogP contribution in [0.4, 0.5) is 0 Å². The van der Waals surface area contributed by atoms with Gasteiger partial charge in [-0.1, -0.05) is 12.5 Å². The van der Waals surface area contributed by atoms with Crippen LogP contribution in [0.3, 0.4) is 0 Å². The number of nitrogens with zero attached hydrogens (tertiary/aromatic N) is 1. The zero-order valence-electron chi connectivity index (χ0n) is 12.2. The van der Waals surface area contributed by atoms with Crippen LogP contribution in [-0.4, -0.2) is 32.9 Å². The summed E-state index contributed by atoms with van der Waals surface area (Å²) < 4.78 is 28.0. The molecule has 116 valence electrons. The minimum atomic E-state index is -3.38. The number of benzene rings is 1. The summed E-state index contributed by atoms with van der Waals surface area (Å²) >= 11 is 3.43. The lowest BCUT2D eigenvalue weighted by Crippen LogP contribution is -2.30. The summed E-state index contributed by atoms with van der Waals surface area (Å²) in [6.45, 7) is 2.11. The zero-order chi connectivity index (χ0) is 15.0. The van der Waals surface area contributed by atoms with Gasteiger partial charge in [-0.05, 0) is 65.4 Å². The van der Waals surface area contributed by atoms with E-state index in [2.05, 4.69) is 21.2 Å². The van der Waals surface area contributed by atoms with E-state index in [0.717, 1.165) is 12.1 Å². The molecular formula is C15H21BrN2O2S. The molecule has 2 atom stereocenters. The molecule has 0 bridgehead atoms. The van der Waals surface area contributed by atoms with Crippen LogP contribution in [0.1, 0.15) is 24.8 Å². The van der Waals surface area contributed by atoms with Crippen LogP contribution in [0.15, 0.2) is 27.6 Å². The number of nitrogens with one attached hydrogen (secondary N) is 1. The minimum Gasteiger partial charge on any atom is -0.316 e. The normalized spacial score (nSPS) is 26.2. The second-order valence-electron chi connectivity index (χ2n) is 6.07. The Labute approximate surface area is 135 Å². The van der Waals surface area contributed by atoms with Gasteiger partial charge in [0.15, 0.2) is 0 Å². The molecule has 4 nitrogen and oxygen atoms in total. The molecular weight excluding hydrogens is 352 g/mol. The molecule has 0 radical (unpaired) electrons. The Kier molecular flexibility index (Phi) is 4.41. The average molecular weight is 373 g/mol. The molecule has 1 saturated carbocycles. The molecule has 3 rings (SSSR count). The third kappa shape index (κ3) is 2.91. The SMILES string of the molecule is CNCc1ccc(S(=O)(=O)N2CC3CCCC3C2)c(Br)c1. The second kappa shape index (κ2) is 5.99. The lowest BCUT2D eigenvalue weighted by atomic mass is 10.0. The Morgan fingerprint density at radius 3 is 2.52 bits per heavy atom. The highest BCUT2D eigenvalue weighted by atomic mass is 79.9. The summed E-state index contributed by atoms with van der Waals surface area (Å²) in [5, 5.41) is 3.07. The fourth-order valence-corrected chi connectivity index (χ4v) is 6.23. The van der Waals surface area contributed by atoms with Crippen molar-refractivity contribution in [2.75, 3.05) is 20.1 Å². The van der Waals surface area contributed by atoms with Gasteiger partial charge in [-0.2, -0.15) is 4.31 Å². The van der Waals surface area contributed by atoms with Gasteiger partial charge in [0.25, 0.3) is 0 Å². The van der Waals surface area contributed by atoms with E-state index in [-0.39, 0.29) is 0 Å². The van der Waals surface area contributed by atoms with Gasteiger partial charge >= 0.3 is 0 Å². The maximum Gasteiger partial charge on any atom is 0.244 e. The zero-order valence-corrected chi connectivity index (χ0v) is 14.6. The molecule has 1 aromatic carbocycles. The first kappa shape index (κ1) is 15.5. The van der Waals surface area contributed by atoms with Crippen LogP contribution >= 0.6 is 15.9 Å². The van der Waals surface area contributed by atoms with E-state index >= 15 is 0 Å². The monoisotopic (exact) mass is 372 g/mol. The molecule has 1 heterocycles. The van der Waals surface area contributed by atoms with Crippen molar-refractivity contribution in [2.24, 2.45) is 11.8 Å². The van der Waals surface area contributed by atoms with Gasteiger partial charge in [0.05, 0.1) is 4.90 Å². The molecule has 1 aliphatic carbocycles. The van der Waals surface area contributed by atoms with Crippen molar-refractivity contribution in [1.82, 2.24) is 9.62 Å². The van der Waals surface area contributed by atoms with Crippen LogP contribution in [0.5, 0.6) is 0 Å². The Morgan fingerprint density at radius 2 is 1.95 bits per heavy atom. The van der Waals surface area contributed by atoms with Gasteiger partial charge in [0.1, 0.15) is 0 Å². The highest BCUT2D eigenvalue weighted by molar-refractivity contribution is 9.10. The molecule has 6 heteroatoms. The molecule has 0 amide bonds. The van der Waals surface area contributed by atoms with Gasteiger partial charge in [-0.15, -0.1) is 0 Å². The molecule has 21 heavy (non-hydrogen) atoms. The van der Waals surface area contributed by atoms with Crippen molar-refractivity contribution in [3.05, 3.63) is 28.2 Å². The summed E-state index contributed by atoms with van der Waals surface area (Å²) in [7, 11) is -1.50. The highest BCUT2D eigenvalue weighted by Crippen LogP contribution is 2.40. The predicted octanol–water partition coefficient (Wildman–Crippen LogP) is 2.59. The fourth-order valence-electron chi connectivity index (χ4n) is 3.59. The first-order valence-electron chi connectivity index (χ1n) is 7.45. The summed E-state index contributed by atoms with van der Waals surface area (Å²) in [5.74, 6) is 1.14. The molecule has 1 saturated heterocycles. The van der Waals surface area contributed by atoms with E-state index in [1.807, 2.05) is 19.2 Å². The molecule has 0 aromatic heterocycles. The van der Waals surface area contributed by atoms with Crippen LogP contribution in [0.2, 0.25) is 0 Å². The van der Waals surface area contributed by atoms with E-state index in [1.54, 1.807) is 10.4 Å². The Balaban J connectivity index is 1.85. The summed E-state index contributed by atoms with van der Waals surface area (Å²) in [6, 6.07) is 5.49. The Bertz CT molecular complexity index is 621. The van der Waals surface area contributed by atoms with E-state index in [4.69, 9.17) is 0 Å². The summed E-state index contributed by atoms with van der Waals surface area (Å²) in [6.07, 6.45) is 3.61. The van der Waals surface area contributed by atoms with Crippen molar-refractivity contribution in [1.29, 1.82) is 0 Å². The lowest BCUT2D eigenvalue weighted by Gasteiger charge is -2.18. The van der Waals surface area contributed by atoms with Crippen molar-refractivity contribution in [2.45, 2.75) is 30.7 Å². The summed E-state index contributed by atoms with van der Waals surface area (Å²) in [4.78, 5) is 0.391. The molecule has 1 N–H and O–H groups in total. The van der Waals surface area contributed by atoms with Crippen LogP contribution < -0.4 is 5.32 Å². The van der Waals surface area contributed by atoms with Crippen LogP contribution in [-0.2, 0) is 16.6 Å². The van der Waals surface area contributed by atoms with E-state index in [9.17, 15) is 8.42 Å². The van der Waals surface area contributed by atoms with Gasteiger partial charge in [0.2, 0.25) is 10.0 Å². The maximum atomic E-state index is 12.8. The van der Waals surface area contributed by atoms with E-state index in [0.29, 0.717) is 34.3 Å². The third-order valence-corrected chi connectivity index (χ3v) is 7.50. The first-order valence-corrected chi connectivity index (χ1v) is 9.69. The number of hydrogen-bond acceptors (Lipinski definition) is 3. The van der Waals surface area contributed by atoms with Crippen LogP contribution in [0, 0.1) is 11.8 Å². The number of rotatable bonds is 4. The van der Waals surface area contributed by atoms with Crippen molar-refractivity contribution < 1.29 is 8.42 Å². The molecule has 1 aromatic rings. The number of fused-ring (bicyclic) bond motifs is 1. The van der Waals surface area contributed by atoms with Gasteiger partial charge in [-0.3, -0.25) is 0 Å². The van der Waals surface area contributed by atoms with E-state index < -0.39 is 10.0 Å². The summed E-state index contributed by atoms with van der Waals surface area (Å²) in [5.41, 5.74) is 1.07. The molecule has 2 fully saturated rings. The third-order valence-electron chi connectivity index (χ3n) is 4.69. The van der Waals surface area contributed by atoms with E-state index in [1.165, 1.54) is 19.3 Å². The van der Waals surface area contributed by atoms with Gasteiger partial charge < -0.3 is 5.32 Å². The van der Waals surface area contributed by atoms with Crippen molar-refractivity contribution in [3.63, 3.8) is 0 Å². The van der Waals surface area contributed by atoms with Crippen molar-refractivity contribution >= 4 is 26.0 Å². The number of halogens is 1. The topological polar surface area (TPSA) is 49.4 Å². The first-order chi connectivity index (χ1) is 10.0. The Hall–Kier alpha value is -0.430. The molecule has 1 aliphatic heterocycles. The van der Waals surface area contributed by atoms with Gasteiger partial charge in [-0.25, -0.2) is 8.42 Å². The predicted molar refractivity (Wildman–Crippen MR) is 86.5 cm³/mol. The lowest BCUT2D eigenvalue weighted by molar-refractivity contribution is 0.445. The molecule has 2 unspecified atom stereocenters. The van der Waals surface area contributed by atoms with Crippen LogP contribution in [0.25, 0.3) is 0 Å². The number of sulfonamides is 1. The average Bonchev–Trinajstić information content (AvgIpc) is 2.99. The largest absolute Gasteiger partial charge is 0.316 e. The standard InChI is InChI=1S/C15H21BrN2O2S/c1-17-8-11-5-6-15(14(16)7-11)21(19,20)18-9-12-3-2-4-13(12)10-18/h5-7,12-13,17H,2-4,8-10H2,1H3. The highest BCUT2D eigenvalue weighted by Gasteiger charge is 2.41. The maximum absolute atomic E-state index is 12.8. The number of hydrogen-bond donors (Lipinski definition) is 1.